The van der Waals surface area contributed by atoms with Crippen molar-refractivity contribution in [1.82, 2.24) is 0 Å². The Morgan fingerprint density at radius 2 is 1.50 bits per heavy atom. The van der Waals surface area contributed by atoms with Crippen molar-refractivity contribution in [2.45, 2.75) is 6.61 Å². The summed E-state index contributed by atoms with van der Waals surface area (Å²) in [5.74, 6) is 0.880. The van der Waals surface area contributed by atoms with E-state index in [9.17, 15) is 5.26 Å². The second-order valence-corrected chi connectivity index (χ2v) is 7.95. The molecule has 0 saturated heterocycles. The quantitative estimate of drug-likeness (QED) is 0.201. The highest BCUT2D eigenvalue weighted by Crippen LogP contribution is 2.31. The van der Waals surface area contributed by atoms with Crippen LogP contribution in [0.4, 0.5) is 0 Å². The van der Waals surface area contributed by atoms with Crippen LogP contribution in [-0.4, -0.2) is 0 Å². The Labute approximate surface area is 180 Å². The zero-order valence-electron chi connectivity index (χ0n) is 13.8. The van der Waals surface area contributed by atoms with Crippen molar-refractivity contribution < 1.29 is 4.74 Å². The van der Waals surface area contributed by atoms with E-state index in [0.29, 0.717) is 12.2 Å². The normalized spacial score (nSPS) is 11.0. The van der Waals surface area contributed by atoms with Crippen LogP contribution in [0.25, 0.3) is 11.6 Å². The first kappa shape index (κ1) is 18.9. The molecule has 0 aliphatic carbocycles. The van der Waals surface area contributed by atoms with Crippen LogP contribution in [0.5, 0.6) is 5.75 Å². The lowest BCUT2D eigenvalue weighted by atomic mass is 10.0. The number of benzene rings is 3. The van der Waals surface area contributed by atoms with Crippen molar-refractivity contribution in [3.05, 3.63) is 96.6 Å². The predicted octanol–water partition coefficient (Wildman–Crippen LogP) is 6.54. The van der Waals surface area contributed by atoms with Gasteiger partial charge in [0.25, 0.3) is 0 Å². The summed E-state index contributed by atoms with van der Waals surface area (Å²) in [5, 5.41) is 9.50. The fourth-order valence-electron chi connectivity index (χ4n) is 2.49. The molecule has 4 heteroatoms. The highest BCUT2D eigenvalue weighted by molar-refractivity contribution is 14.1. The number of ether oxygens (including phenoxy) is 1. The minimum Gasteiger partial charge on any atom is -0.487 e. The first-order valence-electron chi connectivity index (χ1n) is 8.00. The van der Waals surface area contributed by atoms with Gasteiger partial charge in [-0.2, -0.15) is 5.26 Å². The molecule has 0 unspecified atom stereocenters. The van der Waals surface area contributed by atoms with Gasteiger partial charge >= 0.3 is 0 Å². The van der Waals surface area contributed by atoms with Crippen molar-refractivity contribution in [1.29, 1.82) is 5.26 Å². The van der Waals surface area contributed by atoms with Crippen molar-refractivity contribution in [3.8, 4) is 11.8 Å². The number of hydrogen-bond donors (Lipinski definition) is 0. The molecule has 2 nitrogen and oxygen atoms in total. The highest BCUT2D eigenvalue weighted by atomic mass is 127. The lowest BCUT2D eigenvalue weighted by Crippen LogP contribution is -1.99. The van der Waals surface area contributed by atoms with Gasteiger partial charge in [-0.1, -0.05) is 60.7 Å². The summed E-state index contributed by atoms with van der Waals surface area (Å²) < 4.78 is 8.08. The average Bonchev–Trinajstić information content (AvgIpc) is 2.67. The maximum atomic E-state index is 9.50. The lowest BCUT2D eigenvalue weighted by molar-refractivity contribution is 0.302. The number of rotatable bonds is 5. The van der Waals surface area contributed by atoms with Crippen LogP contribution in [0.3, 0.4) is 0 Å². The summed E-state index contributed by atoms with van der Waals surface area (Å²) in [5.41, 5.74) is 3.70. The fourth-order valence-corrected chi connectivity index (χ4v) is 4.62. The fraction of sp³-hybridized carbons (Fsp3) is 0.0455. The van der Waals surface area contributed by atoms with Crippen molar-refractivity contribution in [2.24, 2.45) is 0 Å². The monoisotopic (exact) mass is 563 g/mol. The summed E-state index contributed by atoms with van der Waals surface area (Å²) in [6, 6.07) is 26.2. The van der Waals surface area contributed by atoms with Gasteiger partial charge in [0, 0.05) is 0 Å². The van der Waals surface area contributed by atoms with E-state index in [0.717, 1.165) is 29.6 Å². The van der Waals surface area contributed by atoms with Crippen LogP contribution >= 0.6 is 45.2 Å². The highest BCUT2D eigenvalue weighted by Gasteiger charge is 2.10. The van der Waals surface area contributed by atoms with Gasteiger partial charge in [-0.25, -0.2) is 0 Å². The summed E-state index contributed by atoms with van der Waals surface area (Å²) in [6.07, 6.45) is 1.92. The molecule has 0 amide bonds. The number of nitriles is 1. The van der Waals surface area contributed by atoms with Gasteiger partial charge < -0.3 is 4.74 Å². The molecular weight excluding hydrogens is 548 g/mol. The molecule has 0 aliphatic rings. The maximum absolute atomic E-state index is 9.50. The Hall–Kier alpha value is -1.85. The van der Waals surface area contributed by atoms with Gasteiger partial charge in [0.2, 0.25) is 0 Å². The molecule has 0 saturated carbocycles. The van der Waals surface area contributed by atoms with Gasteiger partial charge in [-0.05, 0) is 80.1 Å². The topological polar surface area (TPSA) is 33.0 Å². The molecule has 0 atom stereocenters. The molecule has 0 N–H and O–H groups in total. The van der Waals surface area contributed by atoms with E-state index in [2.05, 4.69) is 63.4 Å². The molecular formula is C22H15I2NO. The maximum Gasteiger partial charge on any atom is 0.146 e. The van der Waals surface area contributed by atoms with E-state index in [1.54, 1.807) is 0 Å². The van der Waals surface area contributed by atoms with Gasteiger partial charge in [0.1, 0.15) is 12.4 Å². The molecule has 0 aromatic heterocycles. The van der Waals surface area contributed by atoms with E-state index in [4.69, 9.17) is 4.74 Å². The Morgan fingerprint density at radius 1 is 0.923 bits per heavy atom. The molecule has 0 aliphatic heterocycles. The third-order valence-corrected chi connectivity index (χ3v) is 5.37. The summed E-state index contributed by atoms with van der Waals surface area (Å²) in [4.78, 5) is 0. The molecule has 0 heterocycles. The second-order valence-electron chi connectivity index (χ2n) is 5.62. The van der Waals surface area contributed by atoms with Crippen molar-refractivity contribution in [2.75, 3.05) is 0 Å². The van der Waals surface area contributed by atoms with Gasteiger partial charge in [-0.15, -0.1) is 0 Å². The Bertz CT molecular complexity index is 937. The molecule has 3 rings (SSSR count). The van der Waals surface area contributed by atoms with Gasteiger partial charge in [0.15, 0.2) is 0 Å². The number of allylic oxidation sites excluding steroid dienone is 1. The minimum atomic E-state index is 0.537. The van der Waals surface area contributed by atoms with E-state index in [1.807, 2.05) is 66.7 Å². The second kappa shape index (κ2) is 9.19. The Morgan fingerprint density at radius 3 is 2.08 bits per heavy atom. The zero-order valence-corrected chi connectivity index (χ0v) is 18.1. The molecule has 0 radical (unpaired) electrons. The summed E-state index contributed by atoms with van der Waals surface area (Å²) >= 11 is 4.57. The van der Waals surface area contributed by atoms with Crippen LogP contribution in [0, 0.1) is 18.5 Å². The first-order valence-corrected chi connectivity index (χ1v) is 10.2. The molecule has 0 fully saturated rings. The molecule has 3 aromatic carbocycles. The Balaban J connectivity index is 1.85. The molecule has 0 spiro atoms. The molecule has 0 bridgehead atoms. The average molecular weight is 563 g/mol. The number of nitrogens with zero attached hydrogens (tertiary/aromatic N) is 1. The molecule has 128 valence electrons. The smallest absolute Gasteiger partial charge is 0.146 e. The minimum absolute atomic E-state index is 0.537. The predicted molar refractivity (Wildman–Crippen MR) is 123 cm³/mol. The largest absolute Gasteiger partial charge is 0.487 e. The number of halogens is 2. The van der Waals surface area contributed by atoms with E-state index >= 15 is 0 Å². The van der Waals surface area contributed by atoms with Gasteiger partial charge in [-0.3, -0.25) is 0 Å². The van der Waals surface area contributed by atoms with Crippen LogP contribution in [0.15, 0.2) is 72.8 Å². The van der Waals surface area contributed by atoms with Crippen molar-refractivity contribution >= 4 is 56.8 Å². The number of hydrogen-bond acceptors (Lipinski definition) is 2. The zero-order chi connectivity index (χ0) is 18.4. The van der Waals surface area contributed by atoms with E-state index in [-0.39, 0.29) is 0 Å². The van der Waals surface area contributed by atoms with Crippen LogP contribution < -0.4 is 4.74 Å². The van der Waals surface area contributed by atoms with Crippen LogP contribution in [0.2, 0.25) is 0 Å². The summed E-state index contributed by atoms with van der Waals surface area (Å²) in [7, 11) is 0. The SMILES string of the molecule is N#C/C(=C/c1cc(I)c(OCc2ccccc2)c(I)c1)c1ccccc1. The lowest BCUT2D eigenvalue weighted by Gasteiger charge is -2.12. The third kappa shape index (κ3) is 4.86. The van der Waals surface area contributed by atoms with E-state index in [1.165, 1.54) is 0 Å². The first-order chi connectivity index (χ1) is 12.7. The third-order valence-electron chi connectivity index (χ3n) is 3.76. The Kier molecular flexibility index (Phi) is 6.69. The van der Waals surface area contributed by atoms with E-state index < -0.39 is 0 Å². The molecule has 3 aromatic rings. The van der Waals surface area contributed by atoms with Gasteiger partial charge in [0.05, 0.1) is 18.8 Å². The van der Waals surface area contributed by atoms with Crippen molar-refractivity contribution in [3.63, 3.8) is 0 Å². The summed E-state index contributed by atoms with van der Waals surface area (Å²) in [6.45, 7) is 0.537. The standard InChI is InChI=1S/C22H15I2NO/c23-20-12-17(11-19(14-25)18-9-5-2-6-10-18)13-21(24)22(20)26-15-16-7-3-1-4-8-16/h1-13H,15H2/b19-11-. The van der Waals surface area contributed by atoms with Crippen LogP contribution in [-0.2, 0) is 6.61 Å². The van der Waals surface area contributed by atoms with Crippen LogP contribution in [0.1, 0.15) is 16.7 Å². The molecule has 26 heavy (non-hydrogen) atoms.